The third-order valence-corrected chi connectivity index (χ3v) is 5.75. The Morgan fingerprint density at radius 3 is 2.79 bits per heavy atom. The van der Waals surface area contributed by atoms with Crippen molar-refractivity contribution in [3.8, 4) is 11.5 Å². The zero-order valence-corrected chi connectivity index (χ0v) is 18.0. The molecule has 0 saturated carbocycles. The number of benzene rings is 1. The summed E-state index contributed by atoms with van der Waals surface area (Å²) in [5.41, 5.74) is 0.917. The van der Waals surface area contributed by atoms with E-state index in [4.69, 9.17) is 9.47 Å². The van der Waals surface area contributed by atoms with Crippen LogP contribution in [-0.2, 0) is 16.1 Å². The van der Waals surface area contributed by atoms with Crippen LogP contribution in [0.1, 0.15) is 37.7 Å². The lowest BCUT2D eigenvalue weighted by Gasteiger charge is -2.32. The monoisotopic (exact) mass is 408 g/mol. The second-order valence-corrected chi connectivity index (χ2v) is 8.07. The fourth-order valence-electron chi connectivity index (χ4n) is 3.49. The Kier molecular flexibility index (Phi) is 9.47. The zero-order chi connectivity index (χ0) is 20.4. The van der Waals surface area contributed by atoms with Crippen molar-refractivity contribution in [2.24, 2.45) is 5.92 Å². The van der Waals surface area contributed by atoms with Crippen LogP contribution in [0.5, 0.6) is 11.5 Å². The fourth-order valence-corrected chi connectivity index (χ4v) is 3.87. The second kappa shape index (κ2) is 11.8. The highest BCUT2D eigenvalue weighted by Gasteiger charge is 2.23. The molecule has 7 heteroatoms. The van der Waals surface area contributed by atoms with Crippen LogP contribution >= 0.6 is 11.8 Å². The van der Waals surface area contributed by atoms with Gasteiger partial charge in [0.1, 0.15) is 11.5 Å². The lowest BCUT2D eigenvalue weighted by Crippen LogP contribution is -2.40. The SMILES string of the molecule is COc1ccc(CNC(=O)CC[C@H]2CCCN(C(=O)CCSC)C2)c(OC)c1. The van der Waals surface area contributed by atoms with Gasteiger partial charge in [-0.15, -0.1) is 0 Å². The molecule has 1 aromatic rings. The van der Waals surface area contributed by atoms with Crippen LogP contribution in [0.4, 0.5) is 0 Å². The Labute approximate surface area is 172 Å². The number of carbonyl (C=O) groups is 2. The predicted octanol–water partition coefficient (Wildman–Crippen LogP) is 3.09. The largest absolute Gasteiger partial charge is 0.497 e. The van der Waals surface area contributed by atoms with Gasteiger partial charge in [0.05, 0.1) is 14.2 Å². The Balaban J connectivity index is 1.75. The van der Waals surface area contributed by atoms with E-state index in [1.54, 1.807) is 26.0 Å². The minimum Gasteiger partial charge on any atom is -0.497 e. The second-order valence-electron chi connectivity index (χ2n) is 7.08. The first kappa shape index (κ1) is 22.4. The average molecular weight is 409 g/mol. The summed E-state index contributed by atoms with van der Waals surface area (Å²) in [6, 6.07) is 5.57. The van der Waals surface area contributed by atoms with Gasteiger partial charge in [-0.3, -0.25) is 9.59 Å². The lowest BCUT2D eigenvalue weighted by molar-refractivity contribution is -0.132. The highest BCUT2D eigenvalue weighted by molar-refractivity contribution is 7.98. The van der Waals surface area contributed by atoms with E-state index in [2.05, 4.69) is 5.32 Å². The van der Waals surface area contributed by atoms with Gasteiger partial charge in [0.2, 0.25) is 11.8 Å². The van der Waals surface area contributed by atoms with Crippen LogP contribution < -0.4 is 14.8 Å². The van der Waals surface area contributed by atoms with E-state index < -0.39 is 0 Å². The molecular weight excluding hydrogens is 376 g/mol. The van der Waals surface area contributed by atoms with Crippen molar-refractivity contribution in [3.05, 3.63) is 23.8 Å². The molecule has 0 unspecified atom stereocenters. The van der Waals surface area contributed by atoms with Crippen molar-refractivity contribution < 1.29 is 19.1 Å². The molecule has 6 nitrogen and oxygen atoms in total. The van der Waals surface area contributed by atoms with Gasteiger partial charge in [-0.25, -0.2) is 0 Å². The summed E-state index contributed by atoms with van der Waals surface area (Å²) in [6.07, 6.45) is 6.05. The molecule has 1 heterocycles. The standard InChI is InChI=1S/C21H32N2O4S/c1-26-18-8-7-17(19(13-18)27-2)14-22-20(24)9-6-16-5-4-11-23(15-16)21(25)10-12-28-3/h7-8,13,16H,4-6,9-12,14-15H2,1-3H3,(H,22,24)/t16-/m1/s1. The van der Waals surface area contributed by atoms with Crippen LogP contribution in [-0.4, -0.2) is 56.0 Å². The minimum atomic E-state index is 0.0312. The number of thioether (sulfide) groups is 1. The summed E-state index contributed by atoms with van der Waals surface area (Å²) in [5.74, 6) is 2.98. The molecule has 0 aliphatic carbocycles. The number of methoxy groups -OCH3 is 2. The van der Waals surface area contributed by atoms with Gasteiger partial charge < -0.3 is 19.7 Å². The van der Waals surface area contributed by atoms with Gasteiger partial charge in [0, 0.05) is 49.9 Å². The number of hydrogen-bond donors (Lipinski definition) is 1. The molecular formula is C21H32N2O4S. The van der Waals surface area contributed by atoms with Gasteiger partial charge in [0.25, 0.3) is 0 Å². The van der Waals surface area contributed by atoms with Gasteiger partial charge in [-0.05, 0) is 43.6 Å². The van der Waals surface area contributed by atoms with E-state index in [1.165, 1.54) is 0 Å². The summed E-state index contributed by atoms with van der Waals surface area (Å²) in [5, 5.41) is 2.97. The Hall–Kier alpha value is -1.89. The number of nitrogens with zero attached hydrogens (tertiary/aromatic N) is 1. The molecule has 1 fully saturated rings. The van der Waals surface area contributed by atoms with E-state index in [-0.39, 0.29) is 11.8 Å². The van der Waals surface area contributed by atoms with Crippen LogP contribution in [0.2, 0.25) is 0 Å². The summed E-state index contributed by atoms with van der Waals surface area (Å²) in [7, 11) is 3.22. The van der Waals surface area contributed by atoms with E-state index in [9.17, 15) is 9.59 Å². The molecule has 1 aliphatic rings. The maximum atomic E-state index is 12.3. The van der Waals surface area contributed by atoms with Crippen molar-refractivity contribution in [2.45, 2.75) is 38.6 Å². The molecule has 0 radical (unpaired) electrons. The van der Waals surface area contributed by atoms with Crippen molar-refractivity contribution in [2.75, 3.05) is 39.3 Å². The van der Waals surface area contributed by atoms with Crippen molar-refractivity contribution in [1.29, 1.82) is 0 Å². The Bertz CT molecular complexity index is 653. The molecule has 1 N–H and O–H groups in total. The van der Waals surface area contributed by atoms with Crippen molar-refractivity contribution >= 4 is 23.6 Å². The Morgan fingerprint density at radius 1 is 1.25 bits per heavy atom. The summed E-state index contributed by atoms with van der Waals surface area (Å²) in [4.78, 5) is 26.5. The molecule has 28 heavy (non-hydrogen) atoms. The number of rotatable bonds is 10. The van der Waals surface area contributed by atoms with Gasteiger partial charge in [-0.2, -0.15) is 11.8 Å². The van der Waals surface area contributed by atoms with Gasteiger partial charge >= 0.3 is 0 Å². The van der Waals surface area contributed by atoms with Gasteiger partial charge in [0.15, 0.2) is 0 Å². The molecule has 1 aliphatic heterocycles. The van der Waals surface area contributed by atoms with Crippen LogP contribution in [0.15, 0.2) is 18.2 Å². The number of carbonyl (C=O) groups excluding carboxylic acids is 2. The molecule has 2 amide bonds. The van der Waals surface area contributed by atoms with E-state index in [0.29, 0.717) is 31.1 Å². The molecule has 1 aromatic carbocycles. The lowest BCUT2D eigenvalue weighted by atomic mass is 9.93. The van der Waals surface area contributed by atoms with E-state index in [1.807, 2.05) is 29.4 Å². The average Bonchev–Trinajstić information content (AvgIpc) is 2.74. The molecule has 0 bridgehead atoms. The Morgan fingerprint density at radius 2 is 2.07 bits per heavy atom. The van der Waals surface area contributed by atoms with Crippen LogP contribution in [0.3, 0.4) is 0 Å². The van der Waals surface area contributed by atoms with Crippen LogP contribution in [0, 0.1) is 5.92 Å². The third-order valence-electron chi connectivity index (χ3n) is 5.14. The summed E-state index contributed by atoms with van der Waals surface area (Å²) in [6.45, 7) is 2.07. The fraction of sp³-hybridized carbons (Fsp3) is 0.619. The molecule has 156 valence electrons. The van der Waals surface area contributed by atoms with Crippen molar-refractivity contribution in [3.63, 3.8) is 0 Å². The highest BCUT2D eigenvalue weighted by atomic mass is 32.2. The normalized spacial score (nSPS) is 16.5. The molecule has 0 aromatic heterocycles. The number of piperidine rings is 1. The first-order valence-electron chi connectivity index (χ1n) is 9.81. The molecule has 1 saturated heterocycles. The summed E-state index contributed by atoms with van der Waals surface area (Å²) < 4.78 is 10.6. The number of amides is 2. The first-order chi connectivity index (χ1) is 13.6. The highest BCUT2D eigenvalue weighted by Crippen LogP contribution is 2.25. The predicted molar refractivity (Wildman–Crippen MR) is 113 cm³/mol. The van der Waals surface area contributed by atoms with Crippen LogP contribution in [0.25, 0.3) is 0 Å². The molecule has 1 atom stereocenters. The molecule has 2 rings (SSSR count). The zero-order valence-electron chi connectivity index (χ0n) is 17.2. The maximum absolute atomic E-state index is 12.3. The van der Waals surface area contributed by atoms with Crippen molar-refractivity contribution in [1.82, 2.24) is 10.2 Å². The quantitative estimate of drug-likeness (QED) is 0.644. The minimum absolute atomic E-state index is 0.0312. The maximum Gasteiger partial charge on any atom is 0.223 e. The van der Waals surface area contributed by atoms with Gasteiger partial charge in [-0.1, -0.05) is 0 Å². The number of ether oxygens (including phenoxy) is 2. The van der Waals surface area contributed by atoms with E-state index in [0.717, 1.165) is 49.4 Å². The van der Waals surface area contributed by atoms with E-state index >= 15 is 0 Å². The topological polar surface area (TPSA) is 67.9 Å². The number of likely N-dealkylation sites (tertiary alicyclic amines) is 1. The smallest absolute Gasteiger partial charge is 0.223 e. The number of hydrogen-bond acceptors (Lipinski definition) is 5. The first-order valence-corrected chi connectivity index (χ1v) is 11.2. The molecule has 0 spiro atoms. The summed E-state index contributed by atoms with van der Waals surface area (Å²) >= 11 is 1.70. The number of nitrogens with one attached hydrogen (secondary N) is 1. The third kappa shape index (κ3) is 6.93.